The van der Waals surface area contributed by atoms with Gasteiger partial charge >= 0.3 is 13.1 Å². The number of carbonyl (C=O) groups excluding carboxylic acids is 1. The highest BCUT2D eigenvalue weighted by atomic mass is 32.2. The summed E-state index contributed by atoms with van der Waals surface area (Å²) < 4.78 is 34.0. The van der Waals surface area contributed by atoms with Crippen LogP contribution in [0.3, 0.4) is 0 Å². The van der Waals surface area contributed by atoms with Gasteiger partial charge in [-0.3, -0.25) is 4.79 Å². The number of unbranched alkanes of at least 4 members (excludes halogenated alkanes) is 1. The average Bonchev–Trinajstić information content (AvgIpc) is 2.63. The second kappa shape index (κ2) is 11.4. The molecule has 0 saturated carbocycles. The maximum atomic E-state index is 12.2. The molecule has 1 aromatic carbocycles. The molecule has 0 aliphatic heterocycles. The second-order valence-electron chi connectivity index (χ2n) is 6.23. The number of hydrogen-bond acceptors (Lipinski definition) is 7. The van der Waals surface area contributed by atoms with E-state index in [0.29, 0.717) is 12.8 Å². The summed E-state index contributed by atoms with van der Waals surface area (Å²) in [5.74, 6) is -0.708. The van der Waals surface area contributed by atoms with Crippen LogP contribution in [0.4, 0.5) is 0 Å². The fraction of sp³-hybridized carbons (Fsp3) is 0.562. The molecule has 11 heteroatoms. The van der Waals surface area contributed by atoms with Gasteiger partial charge in [0.1, 0.15) is 5.54 Å². The SMILES string of the molecule is CCOC(=O)C(N)(CCCCB(O)O)CNS(=O)(=O)NCc1ccccc1. The number of nitrogens with two attached hydrogens (primary N) is 1. The predicted octanol–water partition coefficient (Wildman–Crippen LogP) is -0.486. The molecule has 9 nitrogen and oxygen atoms in total. The summed E-state index contributed by atoms with van der Waals surface area (Å²) in [5, 5.41) is 17.7. The van der Waals surface area contributed by atoms with Gasteiger partial charge in [0.25, 0.3) is 10.2 Å². The first-order valence-corrected chi connectivity index (χ1v) is 10.3. The molecule has 1 rings (SSSR count). The molecule has 0 heterocycles. The largest absolute Gasteiger partial charge is 0.465 e. The summed E-state index contributed by atoms with van der Waals surface area (Å²) in [5.41, 5.74) is 5.35. The van der Waals surface area contributed by atoms with Crippen LogP contribution in [0.1, 0.15) is 31.7 Å². The van der Waals surface area contributed by atoms with Crippen molar-refractivity contribution in [2.24, 2.45) is 5.73 Å². The maximum Gasteiger partial charge on any atom is 0.451 e. The van der Waals surface area contributed by atoms with Crippen molar-refractivity contribution < 1.29 is 28.0 Å². The second-order valence-corrected chi connectivity index (χ2v) is 7.82. The zero-order valence-electron chi connectivity index (χ0n) is 15.4. The Labute approximate surface area is 160 Å². The van der Waals surface area contributed by atoms with Gasteiger partial charge in [-0.05, 0) is 25.2 Å². The summed E-state index contributed by atoms with van der Waals surface area (Å²) in [6.07, 6.45) is 1.12. The lowest BCUT2D eigenvalue weighted by molar-refractivity contribution is -0.149. The summed E-state index contributed by atoms with van der Waals surface area (Å²) in [4.78, 5) is 12.2. The van der Waals surface area contributed by atoms with E-state index in [9.17, 15) is 13.2 Å². The van der Waals surface area contributed by atoms with Gasteiger partial charge in [-0.2, -0.15) is 17.9 Å². The summed E-state index contributed by atoms with van der Waals surface area (Å²) in [6.45, 7) is 1.51. The maximum absolute atomic E-state index is 12.2. The Bertz CT molecular complexity index is 674. The van der Waals surface area contributed by atoms with Crippen LogP contribution in [0.5, 0.6) is 0 Å². The van der Waals surface area contributed by atoms with Crippen LogP contribution in [-0.4, -0.2) is 50.2 Å². The Morgan fingerprint density at radius 2 is 1.89 bits per heavy atom. The van der Waals surface area contributed by atoms with Crippen molar-refractivity contribution in [3.05, 3.63) is 35.9 Å². The molecule has 0 fully saturated rings. The van der Waals surface area contributed by atoms with E-state index in [4.69, 9.17) is 20.5 Å². The normalized spacial score (nSPS) is 13.8. The Hall–Kier alpha value is -1.50. The van der Waals surface area contributed by atoms with E-state index < -0.39 is 28.8 Å². The Kier molecular flexibility index (Phi) is 9.92. The number of rotatable bonds is 13. The number of carbonyl (C=O) groups is 1. The minimum atomic E-state index is -3.87. The lowest BCUT2D eigenvalue weighted by Gasteiger charge is -2.27. The van der Waals surface area contributed by atoms with E-state index in [1.54, 1.807) is 31.2 Å². The van der Waals surface area contributed by atoms with Gasteiger partial charge in [-0.1, -0.05) is 43.2 Å². The fourth-order valence-corrected chi connectivity index (χ4v) is 3.26. The molecule has 0 saturated heterocycles. The van der Waals surface area contributed by atoms with Crippen LogP contribution in [0.2, 0.25) is 6.32 Å². The number of esters is 1. The molecule has 152 valence electrons. The summed E-state index contributed by atoms with van der Waals surface area (Å²) in [6, 6.07) is 8.99. The lowest BCUT2D eigenvalue weighted by atomic mass is 9.82. The first-order valence-electron chi connectivity index (χ1n) is 8.79. The molecule has 0 radical (unpaired) electrons. The van der Waals surface area contributed by atoms with E-state index >= 15 is 0 Å². The van der Waals surface area contributed by atoms with Crippen LogP contribution in [-0.2, 0) is 26.3 Å². The van der Waals surface area contributed by atoms with Crippen LogP contribution in [0, 0.1) is 0 Å². The monoisotopic (exact) mass is 401 g/mol. The molecule has 0 aromatic heterocycles. The number of benzene rings is 1. The van der Waals surface area contributed by atoms with Crippen molar-refractivity contribution in [1.82, 2.24) is 9.44 Å². The van der Waals surface area contributed by atoms with Gasteiger partial charge in [-0.25, -0.2) is 0 Å². The third-order valence-corrected chi connectivity index (χ3v) is 4.95. The number of hydrogen-bond donors (Lipinski definition) is 5. The molecule has 0 aliphatic rings. The third-order valence-electron chi connectivity index (χ3n) is 3.90. The molecule has 1 aromatic rings. The topological polar surface area (TPSA) is 151 Å². The summed E-state index contributed by atoms with van der Waals surface area (Å²) in [7, 11) is -5.30. The highest BCUT2D eigenvalue weighted by molar-refractivity contribution is 7.87. The van der Waals surface area contributed by atoms with Gasteiger partial charge in [0.2, 0.25) is 0 Å². The van der Waals surface area contributed by atoms with E-state index in [0.717, 1.165) is 5.56 Å². The van der Waals surface area contributed by atoms with Gasteiger partial charge in [-0.15, -0.1) is 0 Å². The Morgan fingerprint density at radius 3 is 2.48 bits per heavy atom. The molecule has 0 amide bonds. The average molecular weight is 401 g/mol. The molecule has 0 bridgehead atoms. The van der Waals surface area contributed by atoms with Gasteiger partial charge in [0.05, 0.1) is 6.61 Å². The summed E-state index contributed by atoms with van der Waals surface area (Å²) >= 11 is 0. The predicted molar refractivity (Wildman–Crippen MR) is 103 cm³/mol. The van der Waals surface area contributed by atoms with Crippen LogP contribution < -0.4 is 15.2 Å². The fourth-order valence-electron chi connectivity index (χ4n) is 2.35. The highest BCUT2D eigenvalue weighted by Gasteiger charge is 2.36. The molecule has 0 aliphatic carbocycles. The van der Waals surface area contributed by atoms with Crippen molar-refractivity contribution in [3.8, 4) is 0 Å². The van der Waals surface area contributed by atoms with E-state index in [2.05, 4.69) is 9.44 Å². The Morgan fingerprint density at radius 1 is 1.22 bits per heavy atom. The molecule has 1 unspecified atom stereocenters. The van der Waals surface area contributed by atoms with E-state index in [-0.39, 0.29) is 32.4 Å². The minimum Gasteiger partial charge on any atom is -0.465 e. The molecule has 1 atom stereocenters. The molecule has 0 spiro atoms. The first-order chi connectivity index (χ1) is 12.7. The zero-order valence-corrected chi connectivity index (χ0v) is 16.2. The van der Waals surface area contributed by atoms with Crippen molar-refractivity contribution in [3.63, 3.8) is 0 Å². The molecular formula is C16H28BN3O6S. The van der Waals surface area contributed by atoms with Crippen LogP contribution in [0.15, 0.2) is 30.3 Å². The van der Waals surface area contributed by atoms with Crippen LogP contribution >= 0.6 is 0 Å². The van der Waals surface area contributed by atoms with Crippen LogP contribution in [0.25, 0.3) is 0 Å². The number of nitrogens with one attached hydrogen (secondary N) is 2. The van der Waals surface area contributed by atoms with Gasteiger partial charge < -0.3 is 20.5 Å². The van der Waals surface area contributed by atoms with E-state index in [1.165, 1.54) is 0 Å². The molecule has 6 N–H and O–H groups in total. The first kappa shape index (κ1) is 23.5. The standard InChI is InChI=1S/C16H28BN3O6S/c1-2-26-15(21)16(18,10-6-7-11-17(22)23)13-20-27(24,25)19-12-14-8-4-3-5-9-14/h3-5,8-9,19-20,22-23H,2,6-7,10-13,18H2,1H3. The number of ether oxygens (including phenoxy) is 1. The zero-order chi connectivity index (χ0) is 20.3. The quantitative estimate of drug-likeness (QED) is 0.170. The van der Waals surface area contributed by atoms with Crippen molar-refractivity contribution >= 4 is 23.3 Å². The van der Waals surface area contributed by atoms with E-state index in [1.807, 2.05) is 6.07 Å². The highest BCUT2D eigenvalue weighted by Crippen LogP contribution is 2.15. The van der Waals surface area contributed by atoms with Crippen molar-refractivity contribution in [2.45, 2.75) is 44.6 Å². The minimum absolute atomic E-state index is 0.0987. The Balaban J connectivity index is 2.63. The smallest absolute Gasteiger partial charge is 0.451 e. The third kappa shape index (κ3) is 9.31. The van der Waals surface area contributed by atoms with Crippen molar-refractivity contribution in [1.29, 1.82) is 0 Å². The molecular weight excluding hydrogens is 373 g/mol. The van der Waals surface area contributed by atoms with Crippen molar-refractivity contribution in [2.75, 3.05) is 13.2 Å². The van der Waals surface area contributed by atoms with Gasteiger partial charge in [0.15, 0.2) is 0 Å². The molecule has 27 heavy (non-hydrogen) atoms. The van der Waals surface area contributed by atoms with Gasteiger partial charge in [0, 0.05) is 13.1 Å². The lowest BCUT2D eigenvalue weighted by Crippen LogP contribution is -2.58.